The zero-order valence-corrected chi connectivity index (χ0v) is 10.9. The molecule has 0 spiro atoms. The minimum absolute atomic E-state index is 0.204. The molecule has 1 saturated heterocycles. The van der Waals surface area contributed by atoms with Gasteiger partial charge in [0.2, 0.25) is 0 Å². The molecule has 1 N–H and O–H groups in total. The van der Waals surface area contributed by atoms with E-state index in [1.54, 1.807) is 18.3 Å². The van der Waals surface area contributed by atoms with Gasteiger partial charge in [-0.15, -0.1) is 0 Å². The highest BCUT2D eigenvalue weighted by molar-refractivity contribution is 6.29. The van der Waals surface area contributed by atoms with Crippen LogP contribution in [0.15, 0.2) is 18.3 Å². The fourth-order valence-corrected chi connectivity index (χ4v) is 2.36. The lowest BCUT2D eigenvalue weighted by Gasteiger charge is -2.39. The van der Waals surface area contributed by atoms with Crippen LogP contribution < -0.4 is 0 Å². The molecule has 0 atom stereocenters. The molecule has 0 radical (unpaired) electrons. The number of halogens is 4. The minimum atomic E-state index is -4.56. The summed E-state index contributed by atoms with van der Waals surface area (Å²) in [6, 6.07) is 3.46. The number of piperidine rings is 1. The monoisotopic (exact) mass is 294 g/mol. The first-order valence-corrected chi connectivity index (χ1v) is 6.30. The van der Waals surface area contributed by atoms with E-state index in [4.69, 9.17) is 11.6 Å². The number of hydrogen-bond donors (Lipinski definition) is 1. The van der Waals surface area contributed by atoms with Gasteiger partial charge in [-0.25, -0.2) is 4.98 Å². The smallest absolute Gasteiger partial charge is 0.380 e. The Bertz CT molecular complexity index is 445. The standard InChI is InChI=1S/C12H14ClF3N2O/c13-10-7-9(1-4-17-10)8-18-5-2-11(19,3-6-18)12(14,15)16/h1,4,7,19H,2-3,5-6,8H2. The van der Waals surface area contributed by atoms with Crippen molar-refractivity contribution in [1.29, 1.82) is 0 Å². The van der Waals surface area contributed by atoms with E-state index in [9.17, 15) is 18.3 Å². The molecule has 19 heavy (non-hydrogen) atoms. The number of hydrogen-bond acceptors (Lipinski definition) is 3. The van der Waals surface area contributed by atoms with E-state index in [0.29, 0.717) is 11.7 Å². The van der Waals surface area contributed by atoms with Crippen LogP contribution in [-0.4, -0.2) is 39.9 Å². The molecule has 0 bridgehead atoms. The lowest BCUT2D eigenvalue weighted by atomic mass is 9.90. The van der Waals surface area contributed by atoms with Crippen LogP contribution in [0, 0.1) is 0 Å². The number of aromatic nitrogens is 1. The van der Waals surface area contributed by atoms with Crippen molar-refractivity contribution < 1.29 is 18.3 Å². The number of pyridine rings is 1. The third kappa shape index (κ3) is 3.38. The van der Waals surface area contributed by atoms with Crippen molar-refractivity contribution in [2.45, 2.75) is 31.2 Å². The number of aliphatic hydroxyl groups is 1. The summed E-state index contributed by atoms with van der Waals surface area (Å²) in [6.07, 6.45) is -3.59. The van der Waals surface area contributed by atoms with Crippen molar-refractivity contribution in [3.63, 3.8) is 0 Å². The first-order chi connectivity index (χ1) is 8.80. The highest BCUT2D eigenvalue weighted by Crippen LogP contribution is 2.38. The molecule has 3 nitrogen and oxygen atoms in total. The molecular weight excluding hydrogens is 281 g/mol. The van der Waals surface area contributed by atoms with Gasteiger partial charge in [-0.05, 0) is 30.5 Å². The van der Waals surface area contributed by atoms with Crippen LogP contribution in [0.5, 0.6) is 0 Å². The van der Waals surface area contributed by atoms with Gasteiger partial charge in [0.05, 0.1) is 0 Å². The highest BCUT2D eigenvalue weighted by Gasteiger charge is 2.54. The maximum absolute atomic E-state index is 12.6. The summed E-state index contributed by atoms with van der Waals surface area (Å²) in [5, 5.41) is 9.92. The predicted molar refractivity (Wildman–Crippen MR) is 64.8 cm³/mol. The zero-order chi connectivity index (χ0) is 14.1. The largest absolute Gasteiger partial charge is 0.417 e. The summed E-state index contributed by atoms with van der Waals surface area (Å²) in [5.74, 6) is 0. The van der Waals surface area contributed by atoms with E-state index < -0.39 is 11.8 Å². The molecule has 7 heteroatoms. The molecule has 1 aromatic rings. The predicted octanol–water partition coefficient (Wildman–Crippen LogP) is 2.62. The first kappa shape index (κ1) is 14.6. The highest BCUT2D eigenvalue weighted by atomic mass is 35.5. The Morgan fingerprint density at radius 2 is 2.00 bits per heavy atom. The fourth-order valence-electron chi connectivity index (χ4n) is 2.16. The lowest BCUT2D eigenvalue weighted by Crippen LogP contribution is -2.53. The summed E-state index contributed by atoms with van der Waals surface area (Å²) in [7, 11) is 0. The molecule has 0 aliphatic carbocycles. The maximum atomic E-state index is 12.6. The lowest BCUT2D eigenvalue weighted by molar-refractivity contribution is -0.272. The van der Waals surface area contributed by atoms with Crippen molar-refractivity contribution in [2.24, 2.45) is 0 Å². The van der Waals surface area contributed by atoms with Crippen molar-refractivity contribution in [1.82, 2.24) is 9.88 Å². The fraction of sp³-hybridized carbons (Fsp3) is 0.583. The van der Waals surface area contributed by atoms with E-state index in [0.717, 1.165) is 5.56 Å². The SMILES string of the molecule is OC1(C(F)(F)F)CCN(Cc2ccnc(Cl)c2)CC1. The van der Waals surface area contributed by atoms with Crippen LogP contribution in [0.25, 0.3) is 0 Å². The Kier molecular flexibility index (Phi) is 4.03. The molecular formula is C12H14ClF3N2O. The molecule has 106 valence electrons. The second kappa shape index (κ2) is 5.26. The van der Waals surface area contributed by atoms with Gasteiger partial charge in [0, 0.05) is 25.8 Å². The first-order valence-electron chi connectivity index (χ1n) is 5.92. The van der Waals surface area contributed by atoms with Crippen LogP contribution in [0.4, 0.5) is 13.2 Å². The zero-order valence-electron chi connectivity index (χ0n) is 10.1. The van der Waals surface area contributed by atoms with Crippen LogP contribution >= 0.6 is 11.6 Å². The Balaban J connectivity index is 1.94. The van der Waals surface area contributed by atoms with Gasteiger partial charge < -0.3 is 5.11 Å². The maximum Gasteiger partial charge on any atom is 0.417 e. The van der Waals surface area contributed by atoms with Gasteiger partial charge in [-0.3, -0.25) is 4.90 Å². The molecule has 2 heterocycles. The molecule has 1 aliphatic rings. The van der Waals surface area contributed by atoms with Gasteiger partial charge in [0.1, 0.15) is 5.15 Å². The summed E-state index contributed by atoms with van der Waals surface area (Å²) in [6.45, 7) is 0.919. The quantitative estimate of drug-likeness (QED) is 0.852. The van der Waals surface area contributed by atoms with Crippen LogP contribution in [0.1, 0.15) is 18.4 Å². The summed E-state index contributed by atoms with van der Waals surface area (Å²) in [5.41, 5.74) is -1.64. The van der Waals surface area contributed by atoms with Gasteiger partial charge in [-0.1, -0.05) is 11.6 Å². The van der Waals surface area contributed by atoms with Gasteiger partial charge in [0.25, 0.3) is 0 Å². The topological polar surface area (TPSA) is 36.4 Å². The van der Waals surface area contributed by atoms with Crippen molar-refractivity contribution in [3.8, 4) is 0 Å². The molecule has 0 saturated carbocycles. The summed E-state index contributed by atoms with van der Waals surface area (Å²) < 4.78 is 37.9. The Morgan fingerprint density at radius 3 is 2.53 bits per heavy atom. The van der Waals surface area contributed by atoms with E-state index in [1.807, 2.05) is 4.90 Å². The van der Waals surface area contributed by atoms with Crippen molar-refractivity contribution in [2.75, 3.05) is 13.1 Å². The molecule has 2 rings (SSSR count). The third-order valence-corrected chi connectivity index (χ3v) is 3.61. The minimum Gasteiger partial charge on any atom is -0.380 e. The normalized spacial score (nSPS) is 20.5. The number of rotatable bonds is 2. The molecule has 0 amide bonds. The van der Waals surface area contributed by atoms with Crippen LogP contribution in [0.2, 0.25) is 5.15 Å². The van der Waals surface area contributed by atoms with Gasteiger partial charge in [-0.2, -0.15) is 13.2 Å². The van der Waals surface area contributed by atoms with Gasteiger partial charge in [0.15, 0.2) is 5.60 Å². The summed E-state index contributed by atoms with van der Waals surface area (Å²) >= 11 is 5.75. The molecule has 0 unspecified atom stereocenters. The third-order valence-electron chi connectivity index (χ3n) is 3.41. The summed E-state index contributed by atoms with van der Waals surface area (Å²) in [4.78, 5) is 5.71. The van der Waals surface area contributed by atoms with E-state index in [2.05, 4.69) is 4.98 Å². The van der Waals surface area contributed by atoms with E-state index >= 15 is 0 Å². The van der Waals surface area contributed by atoms with Crippen molar-refractivity contribution in [3.05, 3.63) is 29.0 Å². The molecule has 1 aromatic heterocycles. The molecule has 1 aliphatic heterocycles. The van der Waals surface area contributed by atoms with Crippen LogP contribution in [0.3, 0.4) is 0 Å². The Morgan fingerprint density at radius 1 is 1.37 bits per heavy atom. The average molecular weight is 295 g/mol. The Hall–Kier alpha value is -0.850. The number of nitrogens with zero attached hydrogens (tertiary/aromatic N) is 2. The average Bonchev–Trinajstić information content (AvgIpc) is 2.31. The number of alkyl halides is 3. The van der Waals surface area contributed by atoms with Gasteiger partial charge >= 0.3 is 6.18 Å². The van der Waals surface area contributed by atoms with E-state index in [-0.39, 0.29) is 25.9 Å². The molecule has 0 aromatic carbocycles. The van der Waals surface area contributed by atoms with Crippen molar-refractivity contribution >= 4 is 11.6 Å². The van der Waals surface area contributed by atoms with E-state index in [1.165, 1.54) is 0 Å². The number of likely N-dealkylation sites (tertiary alicyclic amines) is 1. The second-order valence-corrected chi connectivity index (χ2v) is 5.18. The second-order valence-electron chi connectivity index (χ2n) is 4.79. The Labute approximate surface area is 114 Å². The molecule has 1 fully saturated rings. The van der Waals surface area contributed by atoms with Crippen LogP contribution in [-0.2, 0) is 6.54 Å².